The Morgan fingerprint density at radius 3 is 2.54 bits per heavy atom. The van der Waals surface area contributed by atoms with E-state index in [1.54, 1.807) is 12.4 Å². The van der Waals surface area contributed by atoms with Crippen molar-refractivity contribution in [1.29, 1.82) is 0 Å². The molecule has 0 bridgehead atoms. The first-order valence-corrected chi connectivity index (χ1v) is 5.45. The molecule has 1 aromatic heterocycles. The maximum atomic E-state index is 4.10. The number of aromatic nitrogens is 2. The maximum Gasteiger partial charge on any atom is 0.222 e. The van der Waals surface area contributed by atoms with Crippen LogP contribution in [-0.2, 0) is 0 Å². The Hall–Kier alpha value is -0.640. The fourth-order valence-corrected chi connectivity index (χ4v) is 1.41. The van der Waals surface area contributed by atoms with Gasteiger partial charge in [0.15, 0.2) is 0 Å². The van der Waals surface area contributed by atoms with Crippen molar-refractivity contribution in [3.63, 3.8) is 0 Å². The Balaban J connectivity index is 2.50. The Morgan fingerprint density at radius 2 is 2.00 bits per heavy atom. The highest BCUT2D eigenvalue weighted by Gasteiger charge is 2.10. The normalized spacial score (nSPS) is 15.0. The Bertz CT molecular complexity index is 240. The number of anilines is 1. The fraction of sp³-hybridized carbons (Fsp3) is 0.556. The summed E-state index contributed by atoms with van der Waals surface area (Å²) in [5.41, 5.74) is 0. The van der Waals surface area contributed by atoms with E-state index in [-0.39, 0.29) is 0 Å². The number of nitrogens with one attached hydrogen (secondary N) is 1. The van der Waals surface area contributed by atoms with E-state index in [0.29, 0.717) is 17.9 Å². The van der Waals surface area contributed by atoms with Gasteiger partial charge in [0.05, 0.1) is 0 Å². The lowest BCUT2D eigenvalue weighted by molar-refractivity contribution is 0.568. The molecule has 13 heavy (non-hydrogen) atoms. The summed E-state index contributed by atoms with van der Waals surface area (Å²) in [4.78, 5) is 8.20. The predicted molar refractivity (Wildman–Crippen MR) is 58.1 cm³/mol. The summed E-state index contributed by atoms with van der Waals surface area (Å²) in [6.45, 7) is 4.30. The van der Waals surface area contributed by atoms with Gasteiger partial charge < -0.3 is 5.32 Å². The van der Waals surface area contributed by atoms with Crippen LogP contribution in [0.5, 0.6) is 0 Å². The zero-order chi connectivity index (χ0) is 9.68. The van der Waals surface area contributed by atoms with E-state index in [4.69, 9.17) is 0 Å². The predicted octanol–water partition coefficient (Wildman–Crippen LogP) is 2.31. The summed E-state index contributed by atoms with van der Waals surface area (Å²) in [6, 6.07) is 2.19. The van der Waals surface area contributed by atoms with Crippen molar-refractivity contribution in [2.75, 3.05) is 10.6 Å². The van der Waals surface area contributed by atoms with Crippen LogP contribution in [0.2, 0.25) is 0 Å². The number of hydrogen-bond acceptors (Lipinski definition) is 3. The molecule has 1 heterocycles. The zero-order valence-corrected chi connectivity index (χ0v) is 9.45. The lowest BCUT2D eigenvalue weighted by Crippen LogP contribution is -2.25. The van der Waals surface area contributed by atoms with Gasteiger partial charge in [0, 0.05) is 23.8 Å². The molecule has 1 rings (SSSR count). The molecule has 0 saturated carbocycles. The van der Waals surface area contributed by atoms with Gasteiger partial charge in [0.25, 0.3) is 0 Å². The summed E-state index contributed by atoms with van der Waals surface area (Å²) in [5, 5.41) is 4.22. The largest absolute Gasteiger partial charge is 0.351 e. The molecule has 2 atom stereocenters. The molecular weight excluding hydrogens is 230 g/mol. The standard InChI is InChI=1S/C9H14BrN3/c1-7(6-10)8(2)13-9-11-4-3-5-12-9/h3-5,7-8H,6H2,1-2H3,(H,11,12,13). The fourth-order valence-electron chi connectivity index (χ4n) is 0.853. The van der Waals surface area contributed by atoms with E-state index in [9.17, 15) is 0 Å². The number of halogens is 1. The molecule has 0 saturated heterocycles. The number of alkyl halides is 1. The lowest BCUT2D eigenvalue weighted by Gasteiger charge is -2.18. The molecule has 72 valence electrons. The van der Waals surface area contributed by atoms with Gasteiger partial charge in [-0.15, -0.1) is 0 Å². The Labute approximate surface area is 87.1 Å². The Morgan fingerprint density at radius 1 is 1.38 bits per heavy atom. The van der Waals surface area contributed by atoms with Crippen LogP contribution in [0.15, 0.2) is 18.5 Å². The summed E-state index contributed by atoms with van der Waals surface area (Å²) >= 11 is 3.45. The second-order valence-electron chi connectivity index (χ2n) is 3.14. The van der Waals surface area contributed by atoms with Crippen molar-refractivity contribution >= 4 is 21.9 Å². The van der Waals surface area contributed by atoms with E-state index in [1.807, 2.05) is 6.07 Å². The van der Waals surface area contributed by atoms with Crippen LogP contribution in [-0.4, -0.2) is 21.3 Å². The van der Waals surface area contributed by atoms with Crippen molar-refractivity contribution in [2.45, 2.75) is 19.9 Å². The Kier molecular flexibility index (Phi) is 4.15. The van der Waals surface area contributed by atoms with Gasteiger partial charge >= 0.3 is 0 Å². The smallest absolute Gasteiger partial charge is 0.222 e. The van der Waals surface area contributed by atoms with E-state index in [2.05, 4.69) is 45.1 Å². The molecule has 0 aliphatic rings. The van der Waals surface area contributed by atoms with Crippen LogP contribution >= 0.6 is 15.9 Å². The molecule has 4 heteroatoms. The first-order valence-electron chi connectivity index (χ1n) is 4.33. The highest BCUT2D eigenvalue weighted by molar-refractivity contribution is 9.09. The van der Waals surface area contributed by atoms with Crippen LogP contribution in [0.4, 0.5) is 5.95 Å². The molecular formula is C9H14BrN3. The average molecular weight is 244 g/mol. The molecule has 1 aromatic rings. The molecule has 0 aliphatic heterocycles. The minimum absolute atomic E-state index is 0.377. The number of rotatable bonds is 4. The topological polar surface area (TPSA) is 37.8 Å². The van der Waals surface area contributed by atoms with Gasteiger partial charge in [0.1, 0.15) is 0 Å². The van der Waals surface area contributed by atoms with E-state index in [0.717, 1.165) is 5.33 Å². The van der Waals surface area contributed by atoms with E-state index < -0.39 is 0 Å². The summed E-state index contributed by atoms with van der Waals surface area (Å²) in [5.74, 6) is 1.26. The van der Waals surface area contributed by atoms with Crippen molar-refractivity contribution < 1.29 is 0 Å². The third kappa shape index (κ3) is 3.30. The molecule has 0 spiro atoms. The molecule has 0 radical (unpaired) electrons. The van der Waals surface area contributed by atoms with Gasteiger partial charge in [-0.05, 0) is 18.9 Å². The van der Waals surface area contributed by atoms with Crippen LogP contribution in [0.1, 0.15) is 13.8 Å². The van der Waals surface area contributed by atoms with Crippen LogP contribution in [0.25, 0.3) is 0 Å². The van der Waals surface area contributed by atoms with Gasteiger partial charge in [-0.3, -0.25) is 0 Å². The maximum absolute atomic E-state index is 4.10. The third-order valence-electron chi connectivity index (χ3n) is 2.02. The first kappa shape index (κ1) is 10.4. The summed E-state index contributed by atoms with van der Waals surface area (Å²) in [7, 11) is 0. The van der Waals surface area contributed by atoms with Gasteiger partial charge in [-0.25, -0.2) is 9.97 Å². The molecule has 3 nitrogen and oxygen atoms in total. The van der Waals surface area contributed by atoms with Gasteiger partial charge in [0.2, 0.25) is 5.95 Å². The minimum Gasteiger partial charge on any atom is -0.351 e. The van der Waals surface area contributed by atoms with E-state index >= 15 is 0 Å². The van der Waals surface area contributed by atoms with Crippen molar-refractivity contribution in [3.05, 3.63) is 18.5 Å². The minimum atomic E-state index is 0.377. The zero-order valence-electron chi connectivity index (χ0n) is 7.87. The highest BCUT2D eigenvalue weighted by Crippen LogP contribution is 2.09. The van der Waals surface area contributed by atoms with Gasteiger partial charge in [-0.1, -0.05) is 22.9 Å². The monoisotopic (exact) mass is 243 g/mol. The third-order valence-corrected chi connectivity index (χ3v) is 3.04. The lowest BCUT2D eigenvalue weighted by atomic mass is 10.1. The second-order valence-corrected chi connectivity index (χ2v) is 3.78. The molecule has 0 amide bonds. The van der Waals surface area contributed by atoms with Crippen molar-refractivity contribution in [3.8, 4) is 0 Å². The van der Waals surface area contributed by atoms with Crippen LogP contribution in [0, 0.1) is 5.92 Å². The summed E-state index contributed by atoms with van der Waals surface area (Å²) in [6.07, 6.45) is 3.47. The SMILES string of the molecule is CC(CBr)C(C)Nc1ncccn1. The molecule has 0 aromatic carbocycles. The first-order chi connectivity index (χ1) is 6.24. The molecule has 0 fully saturated rings. The molecule has 2 unspecified atom stereocenters. The van der Waals surface area contributed by atoms with Gasteiger partial charge in [-0.2, -0.15) is 0 Å². The van der Waals surface area contributed by atoms with E-state index in [1.165, 1.54) is 0 Å². The highest BCUT2D eigenvalue weighted by atomic mass is 79.9. The second kappa shape index (κ2) is 5.17. The summed E-state index contributed by atoms with van der Waals surface area (Å²) < 4.78 is 0. The average Bonchev–Trinajstić information content (AvgIpc) is 2.18. The molecule has 0 aliphatic carbocycles. The van der Waals surface area contributed by atoms with Crippen LogP contribution < -0.4 is 5.32 Å². The van der Waals surface area contributed by atoms with Crippen molar-refractivity contribution in [2.24, 2.45) is 5.92 Å². The molecule has 1 N–H and O–H groups in total. The quantitative estimate of drug-likeness (QED) is 0.826. The van der Waals surface area contributed by atoms with Crippen LogP contribution in [0.3, 0.4) is 0 Å². The number of nitrogens with zero attached hydrogens (tertiary/aromatic N) is 2. The number of hydrogen-bond donors (Lipinski definition) is 1. The van der Waals surface area contributed by atoms with Crippen molar-refractivity contribution in [1.82, 2.24) is 9.97 Å².